The molecule has 2 aromatic rings. The predicted octanol–water partition coefficient (Wildman–Crippen LogP) is 4.03. The van der Waals surface area contributed by atoms with E-state index in [-0.39, 0.29) is 11.4 Å². The molecule has 1 amide bonds. The summed E-state index contributed by atoms with van der Waals surface area (Å²) in [5.74, 6) is 0.823. The summed E-state index contributed by atoms with van der Waals surface area (Å²) in [4.78, 5) is 17.9. The van der Waals surface area contributed by atoms with Gasteiger partial charge in [-0.15, -0.1) is 0 Å². The lowest BCUT2D eigenvalue weighted by atomic mass is 9.71. The van der Waals surface area contributed by atoms with E-state index >= 15 is 0 Å². The SMILES string of the molecule is COc1cccc(C2(NC(=O)c3ccc(N4CCN(C(C)C)CC4)cc3)CCC2)c1. The van der Waals surface area contributed by atoms with Crippen LogP contribution >= 0.6 is 0 Å². The van der Waals surface area contributed by atoms with Gasteiger partial charge in [0.25, 0.3) is 5.91 Å². The Hall–Kier alpha value is -2.53. The van der Waals surface area contributed by atoms with Crippen molar-refractivity contribution < 1.29 is 9.53 Å². The quantitative estimate of drug-likeness (QED) is 0.785. The number of carbonyl (C=O) groups excluding carboxylic acids is 1. The number of amides is 1. The predicted molar refractivity (Wildman–Crippen MR) is 121 cm³/mol. The molecule has 1 aliphatic carbocycles. The molecule has 1 saturated heterocycles. The van der Waals surface area contributed by atoms with Gasteiger partial charge in [-0.3, -0.25) is 9.69 Å². The fourth-order valence-corrected chi connectivity index (χ4v) is 4.55. The first-order valence-corrected chi connectivity index (χ1v) is 11.1. The molecule has 5 nitrogen and oxygen atoms in total. The molecule has 0 bridgehead atoms. The van der Waals surface area contributed by atoms with Gasteiger partial charge in [-0.05, 0) is 75.1 Å². The van der Waals surface area contributed by atoms with Gasteiger partial charge in [0.1, 0.15) is 5.75 Å². The van der Waals surface area contributed by atoms with Crippen molar-refractivity contribution in [1.29, 1.82) is 0 Å². The molecule has 1 aliphatic heterocycles. The highest BCUT2D eigenvalue weighted by atomic mass is 16.5. The van der Waals surface area contributed by atoms with Crippen molar-refractivity contribution in [1.82, 2.24) is 10.2 Å². The summed E-state index contributed by atoms with van der Waals surface area (Å²) in [6.07, 6.45) is 3.05. The maximum atomic E-state index is 13.0. The van der Waals surface area contributed by atoms with Crippen LogP contribution in [0.5, 0.6) is 5.75 Å². The molecule has 0 radical (unpaired) electrons. The lowest BCUT2D eigenvalue weighted by Gasteiger charge is -2.43. The summed E-state index contributed by atoms with van der Waals surface area (Å²) in [7, 11) is 1.68. The monoisotopic (exact) mass is 407 g/mol. The largest absolute Gasteiger partial charge is 0.497 e. The zero-order chi connectivity index (χ0) is 21.1. The Bertz CT molecular complexity index is 866. The van der Waals surface area contributed by atoms with Crippen molar-refractivity contribution in [3.8, 4) is 5.75 Å². The molecule has 2 aromatic carbocycles. The van der Waals surface area contributed by atoms with Crippen LogP contribution in [0.25, 0.3) is 0 Å². The molecule has 4 rings (SSSR count). The number of nitrogens with one attached hydrogen (secondary N) is 1. The second-order valence-corrected chi connectivity index (χ2v) is 8.79. The molecular formula is C25H33N3O2. The minimum absolute atomic E-state index is 0.00584. The number of hydrogen-bond acceptors (Lipinski definition) is 4. The highest BCUT2D eigenvalue weighted by molar-refractivity contribution is 5.95. The third kappa shape index (κ3) is 4.17. The summed E-state index contributed by atoms with van der Waals surface area (Å²) >= 11 is 0. The first-order chi connectivity index (χ1) is 14.5. The lowest BCUT2D eigenvalue weighted by molar-refractivity contribution is 0.0823. The van der Waals surface area contributed by atoms with Crippen LogP contribution in [0.4, 0.5) is 5.69 Å². The van der Waals surface area contributed by atoms with Crippen molar-refractivity contribution in [2.45, 2.75) is 44.7 Å². The molecule has 2 aliphatic rings. The van der Waals surface area contributed by atoms with Crippen molar-refractivity contribution in [2.24, 2.45) is 0 Å². The topological polar surface area (TPSA) is 44.8 Å². The summed E-state index contributed by atoms with van der Waals surface area (Å²) in [5.41, 5.74) is 2.76. The van der Waals surface area contributed by atoms with Crippen molar-refractivity contribution in [3.63, 3.8) is 0 Å². The van der Waals surface area contributed by atoms with Gasteiger partial charge in [0.2, 0.25) is 0 Å². The van der Waals surface area contributed by atoms with E-state index in [0.717, 1.165) is 56.8 Å². The molecule has 0 aromatic heterocycles. The van der Waals surface area contributed by atoms with Crippen molar-refractivity contribution in [2.75, 3.05) is 38.2 Å². The van der Waals surface area contributed by atoms with Gasteiger partial charge in [0.15, 0.2) is 0 Å². The second-order valence-electron chi connectivity index (χ2n) is 8.79. The Labute approximate surface area is 180 Å². The van der Waals surface area contributed by atoms with Gasteiger partial charge in [0, 0.05) is 43.5 Å². The zero-order valence-corrected chi connectivity index (χ0v) is 18.4. The molecule has 2 fully saturated rings. The fraction of sp³-hybridized carbons (Fsp3) is 0.480. The smallest absolute Gasteiger partial charge is 0.251 e. The average Bonchev–Trinajstić information content (AvgIpc) is 2.76. The van der Waals surface area contributed by atoms with Crippen LogP contribution in [0.15, 0.2) is 48.5 Å². The maximum absolute atomic E-state index is 13.0. The third-order valence-electron chi connectivity index (χ3n) is 6.72. The summed E-state index contributed by atoms with van der Waals surface area (Å²) in [5, 5.41) is 3.32. The van der Waals surface area contributed by atoms with E-state index in [1.807, 2.05) is 30.3 Å². The van der Waals surface area contributed by atoms with Crippen LogP contribution in [0.3, 0.4) is 0 Å². The van der Waals surface area contributed by atoms with Gasteiger partial charge >= 0.3 is 0 Å². The molecule has 0 atom stereocenters. The van der Waals surface area contributed by atoms with Gasteiger partial charge in [0.05, 0.1) is 12.6 Å². The van der Waals surface area contributed by atoms with Crippen LogP contribution in [0.2, 0.25) is 0 Å². The molecule has 160 valence electrons. The minimum Gasteiger partial charge on any atom is -0.497 e. The van der Waals surface area contributed by atoms with Crippen LogP contribution in [0.1, 0.15) is 49.0 Å². The van der Waals surface area contributed by atoms with E-state index in [0.29, 0.717) is 11.6 Å². The number of anilines is 1. The van der Waals surface area contributed by atoms with E-state index in [1.54, 1.807) is 7.11 Å². The molecule has 1 N–H and O–H groups in total. The van der Waals surface area contributed by atoms with Crippen LogP contribution in [0, 0.1) is 0 Å². The third-order valence-corrected chi connectivity index (χ3v) is 6.72. The first-order valence-electron chi connectivity index (χ1n) is 11.1. The Kier molecular flexibility index (Phi) is 6.00. The van der Waals surface area contributed by atoms with E-state index < -0.39 is 0 Å². The summed E-state index contributed by atoms with van der Waals surface area (Å²) in [6, 6.07) is 16.7. The van der Waals surface area contributed by atoms with Crippen LogP contribution in [-0.2, 0) is 5.54 Å². The Morgan fingerprint density at radius 3 is 2.30 bits per heavy atom. The molecule has 30 heavy (non-hydrogen) atoms. The van der Waals surface area contributed by atoms with E-state index in [2.05, 4.69) is 47.2 Å². The fourth-order valence-electron chi connectivity index (χ4n) is 4.55. The minimum atomic E-state index is -0.280. The number of hydrogen-bond donors (Lipinski definition) is 1. The number of ether oxygens (including phenoxy) is 1. The molecule has 0 unspecified atom stereocenters. The maximum Gasteiger partial charge on any atom is 0.251 e. The Balaban J connectivity index is 1.42. The van der Waals surface area contributed by atoms with E-state index in [1.165, 1.54) is 5.69 Å². The Morgan fingerprint density at radius 1 is 1.03 bits per heavy atom. The summed E-state index contributed by atoms with van der Waals surface area (Å²) < 4.78 is 5.38. The van der Waals surface area contributed by atoms with Crippen LogP contribution < -0.4 is 15.0 Å². The van der Waals surface area contributed by atoms with Crippen molar-refractivity contribution in [3.05, 3.63) is 59.7 Å². The van der Waals surface area contributed by atoms with E-state index in [9.17, 15) is 4.79 Å². The Morgan fingerprint density at radius 2 is 1.73 bits per heavy atom. The zero-order valence-electron chi connectivity index (χ0n) is 18.4. The number of rotatable bonds is 6. The van der Waals surface area contributed by atoms with Gasteiger partial charge in [-0.1, -0.05) is 12.1 Å². The van der Waals surface area contributed by atoms with Crippen LogP contribution in [-0.4, -0.2) is 50.1 Å². The normalized spacial score (nSPS) is 18.7. The molecule has 1 saturated carbocycles. The van der Waals surface area contributed by atoms with Crippen molar-refractivity contribution >= 4 is 11.6 Å². The highest BCUT2D eigenvalue weighted by Crippen LogP contribution is 2.42. The van der Waals surface area contributed by atoms with Gasteiger partial charge in [-0.25, -0.2) is 0 Å². The number of benzene rings is 2. The first kappa shape index (κ1) is 20.7. The lowest BCUT2D eigenvalue weighted by Crippen LogP contribution is -2.50. The van der Waals surface area contributed by atoms with Gasteiger partial charge < -0.3 is 15.0 Å². The number of nitrogens with zero attached hydrogens (tertiary/aromatic N) is 2. The van der Waals surface area contributed by atoms with E-state index in [4.69, 9.17) is 4.74 Å². The molecular weight excluding hydrogens is 374 g/mol. The standard InChI is InChI=1S/C25H33N3O2/c1-19(2)27-14-16-28(17-15-27)22-10-8-20(9-11-22)24(29)26-25(12-5-13-25)21-6-4-7-23(18-21)30-3/h4,6-11,18-19H,5,12-17H2,1-3H3,(H,26,29). The molecule has 1 heterocycles. The highest BCUT2D eigenvalue weighted by Gasteiger charge is 2.40. The molecule has 0 spiro atoms. The number of piperazine rings is 1. The summed E-state index contributed by atoms with van der Waals surface area (Å²) in [6.45, 7) is 8.74. The van der Waals surface area contributed by atoms with Gasteiger partial charge in [-0.2, -0.15) is 0 Å². The number of methoxy groups -OCH3 is 1. The molecule has 5 heteroatoms. The second kappa shape index (κ2) is 8.68. The average molecular weight is 408 g/mol. The number of carbonyl (C=O) groups is 1.